The maximum atomic E-state index is 12.0. The van der Waals surface area contributed by atoms with Gasteiger partial charge in [0.15, 0.2) is 6.04 Å². The molecule has 0 aromatic rings. The Balaban J connectivity index is 4.19. The van der Waals surface area contributed by atoms with E-state index in [-0.39, 0.29) is 16.8 Å². The van der Waals surface area contributed by atoms with Crippen LogP contribution in [0.1, 0.15) is 124 Å². The fourth-order valence-corrected chi connectivity index (χ4v) is 5.46. The molecule has 0 aromatic heterocycles. The normalized spacial score (nSPS) is 14.4. The second kappa shape index (κ2) is 18.0. The molecule has 0 radical (unpaired) electrons. The first-order valence-corrected chi connectivity index (χ1v) is 13.8. The summed E-state index contributed by atoms with van der Waals surface area (Å²) in [6, 6.07) is -0.647. The van der Waals surface area contributed by atoms with E-state index in [0.29, 0.717) is 0 Å². The number of hydrogen-bond acceptors (Lipinski definition) is 2. The van der Waals surface area contributed by atoms with Crippen molar-refractivity contribution in [3.8, 4) is 0 Å². The van der Waals surface area contributed by atoms with Crippen LogP contribution in [0.3, 0.4) is 0 Å². The van der Waals surface area contributed by atoms with Crippen LogP contribution in [0.15, 0.2) is 12.2 Å². The van der Waals surface area contributed by atoms with Gasteiger partial charge in [-0.15, -0.1) is 0 Å². The molecule has 2 atom stereocenters. The van der Waals surface area contributed by atoms with Crippen molar-refractivity contribution in [1.29, 1.82) is 0 Å². The standard InChI is InChI=1S/C29H55NO4/c1-7-8-9-10-11-12-13-14-15-16-17-18-19-20-21-22-23-25(24-26(31)32)29(2,3)27(28(33)34)30(4,5)6/h14-15,25,27H,7-13,16-24H2,1-6H3,(H-,31,32,33,34)/p+1/b15-14-. The molecule has 0 aliphatic carbocycles. The molecule has 0 aliphatic rings. The molecule has 0 aliphatic heterocycles. The SMILES string of the molecule is CCCCCCCC/C=C\CCCCCCCCC(CC(=O)O)C(C)(C)C(C(=O)O)[N+](C)(C)C. The van der Waals surface area contributed by atoms with E-state index in [1.54, 1.807) is 0 Å². The van der Waals surface area contributed by atoms with Gasteiger partial charge in [0.25, 0.3) is 0 Å². The van der Waals surface area contributed by atoms with E-state index in [0.717, 1.165) is 19.3 Å². The Hall–Kier alpha value is -1.36. The zero-order valence-electron chi connectivity index (χ0n) is 23.3. The van der Waals surface area contributed by atoms with Gasteiger partial charge in [0.2, 0.25) is 0 Å². The summed E-state index contributed by atoms with van der Waals surface area (Å²) < 4.78 is 0.284. The Morgan fingerprint density at radius 3 is 1.62 bits per heavy atom. The summed E-state index contributed by atoms with van der Waals surface area (Å²) in [5, 5.41) is 19.3. The van der Waals surface area contributed by atoms with Gasteiger partial charge < -0.3 is 14.7 Å². The van der Waals surface area contributed by atoms with Gasteiger partial charge in [-0.25, -0.2) is 4.79 Å². The maximum absolute atomic E-state index is 12.0. The third kappa shape index (κ3) is 14.8. The largest absolute Gasteiger partial charge is 0.481 e. The van der Waals surface area contributed by atoms with Crippen LogP contribution in [-0.4, -0.2) is 53.8 Å². The summed E-state index contributed by atoms with van der Waals surface area (Å²) in [6.07, 6.45) is 22.9. The molecular formula is C29H56NO4+. The van der Waals surface area contributed by atoms with E-state index in [4.69, 9.17) is 0 Å². The van der Waals surface area contributed by atoms with Crippen molar-refractivity contribution in [2.24, 2.45) is 11.3 Å². The summed E-state index contributed by atoms with van der Waals surface area (Å²) in [4.78, 5) is 23.6. The summed E-state index contributed by atoms with van der Waals surface area (Å²) in [5.41, 5.74) is -0.607. The number of quaternary nitrogens is 1. The fourth-order valence-electron chi connectivity index (χ4n) is 5.46. The predicted octanol–water partition coefficient (Wildman–Crippen LogP) is 7.69. The second-order valence-electron chi connectivity index (χ2n) is 11.7. The van der Waals surface area contributed by atoms with Crippen LogP contribution < -0.4 is 0 Å². The lowest BCUT2D eigenvalue weighted by Crippen LogP contribution is -2.59. The topological polar surface area (TPSA) is 74.6 Å². The van der Waals surface area contributed by atoms with Crippen molar-refractivity contribution < 1.29 is 24.3 Å². The third-order valence-corrected chi connectivity index (χ3v) is 7.25. The first-order valence-electron chi connectivity index (χ1n) is 13.8. The number of unbranched alkanes of at least 4 members (excludes halogenated alkanes) is 12. The van der Waals surface area contributed by atoms with Crippen LogP contribution in [0, 0.1) is 11.3 Å². The van der Waals surface area contributed by atoms with Gasteiger partial charge in [-0.05, 0) is 38.0 Å². The van der Waals surface area contributed by atoms with E-state index in [1.165, 1.54) is 77.0 Å². The number of carbonyl (C=O) groups is 2. The summed E-state index contributed by atoms with van der Waals surface area (Å²) in [6.45, 7) is 6.12. The highest BCUT2D eigenvalue weighted by Gasteiger charge is 2.49. The zero-order chi connectivity index (χ0) is 26.0. The quantitative estimate of drug-likeness (QED) is 0.0942. The van der Waals surface area contributed by atoms with E-state index in [2.05, 4.69) is 19.1 Å². The maximum Gasteiger partial charge on any atom is 0.363 e. The third-order valence-electron chi connectivity index (χ3n) is 7.25. The molecule has 0 fully saturated rings. The van der Waals surface area contributed by atoms with Crippen molar-refractivity contribution in [2.75, 3.05) is 21.1 Å². The predicted molar refractivity (Wildman–Crippen MR) is 143 cm³/mol. The van der Waals surface area contributed by atoms with Crippen LogP contribution in [0.2, 0.25) is 0 Å². The summed E-state index contributed by atoms with van der Waals surface area (Å²) in [7, 11) is 5.63. The van der Waals surface area contributed by atoms with Gasteiger partial charge in [0.1, 0.15) is 0 Å². The molecule has 0 rings (SSSR count). The Bertz CT molecular complexity index is 577. The number of allylic oxidation sites excluding steroid dienone is 2. The lowest BCUT2D eigenvalue weighted by atomic mass is 9.68. The molecule has 0 aromatic carbocycles. The highest BCUT2D eigenvalue weighted by molar-refractivity contribution is 5.73. The number of rotatable bonds is 22. The van der Waals surface area contributed by atoms with Crippen molar-refractivity contribution in [2.45, 2.75) is 130 Å². The lowest BCUT2D eigenvalue weighted by molar-refractivity contribution is -0.895. The monoisotopic (exact) mass is 482 g/mol. The van der Waals surface area contributed by atoms with Gasteiger partial charge in [0, 0.05) is 11.8 Å². The molecule has 5 heteroatoms. The number of hydrogen-bond donors (Lipinski definition) is 2. The summed E-state index contributed by atoms with van der Waals surface area (Å²) >= 11 is 0. The molecular weight excluding hydrogens is 426 g/mol. The van der Waals surface area contributed by atoms with E-state index < -0.39 is 23.4 Å². The highest BCUT2D eigenvalue weighted by atomic mass is 16.4. The van der Waals surface area contributed by atoms with Crippen LogP contribution in [0.5, 0.6) is 0 Å². The average molecular weight is 483 g/mol. The van der Waals surface area contributed by atoms with E-state index in [9.17, 15) is 19.8 Å². The van der Waals surface area contributed by atoms with E-state index in [1.807, 2.05) is 35.0 Å². The zero-order valence-corrected chi connectivity index (χ0v) is 23.3. The van der Waals surface area contributed by atoms with Gasteiger partial charge in [-0.3, -0.25) is 4.79 Å². The number of likely N-dealkylation sites (N-methyl/N-ethyl adjacent to an activating group) is 1. The lowest BCUT2D eigenvalue weighted by Gasteiger charge is -2.44. The minimum atomic E-state index is -0.853. The van der Waals surface area contributed by atoms with Crippen LogP contribution in [0.25, 0.3) is 0 Å². The Labute approximate surface area is 210 Å². The molecule has 0 amide bonds. The van der Waals surface area contributed by atoms with Crippen molar-refractivity contribution >= 4 is 11.9 Å². The number of carboxylic acid groups (broad SMARTS) is 2. The Morgan fingerprint density at radius 2 is 1.21 bits per heavy atom. The van der Waals surface area contributed by atoms with Crippen LogP contribution in [-0.2, 0) is 9.59 Å². The van der Waals surface area contributed by atoms with Crippen molar-refractivity contribution in [3.05, 3.63) is 12.2 Å². The molecule has 34 heavy (non-hydrogen) atoms. The number of carboxylic acids is 2. The Morgan fingerprint density at radius 1 is 0.765 bits per heavy atom. The molecule has 2 unspecified atom stereocenters. The molecule has 0 spiro atoms. The van der Waals surface area contributed by atoms with Crippen molar-refractivity contribution in [1.82, 2.24) is 0 Å². The molecule has 5 nitrogen and oxygen atoms in total. The first kappa shape index (κ1) is 32.6. The second-order valence-corrected chi connectivity index (χ2v) is 11.7. The van der Waals surface area contributed by atoms with E-state index >= 15 is 0 Å². The number of nitrogens with zero attached hydrogens (tertiary/aromatic N) is 1. The van der Waals surface area contributed by atoms with Gasteiger partial charge >= 0.3 is 11.9 Å². The average Bonchev–Trinajstić information content (AvgIpc) is 2.70. The fraction of sp³-hybridized carbons (Fsp3) is 0.862. The smallest absolute Gasteiger partial charge is 0.363 e. The first-order chi connectivity index (χ1) is 15.9. The molecule has 0 saturated heterocycles. The minimum absolute atomic E-state index is 0.0296. The van der Waals surface area contributed by atoms with Gasteiger partial charge in [0.05, 0.1) is 21.1 Å². The molecule has 200 valence electrons. The molecule has 0 bridgehead atoms. The van der Waals surface area contributed by atoms with Crippen LogP contribution in [0.4, 0.5) is 0 Å². The number of aliphatic carboxylic acids is 2. The van der Waals surface area contributed by atoms with Crippen molar-refractivity contribution in [3.63, 3.8) is 0 Å². The molecule has 2 N–H and O–H groups in total. The minimum Gasteiger partial charge on any atom is -0.481 e. The molecule has 0 heterocycles. The summed E-state index contributed by atoms with van der Waals surface area (Å²) in [5.74, 6) is -1.85. The molecule has 0 saturated carbocycles. The Kier molecular flexibility index (Phi) is 17.3. The highest BCUT2D eigenvalue weighted by Crippen LogP contribution is 2.40. The van der Waals surface area contributed by atoms with Gasteiger partial charge in [-0.1, -0.05) is 97.1 Å². The van der Waals surface area contributed by atoms with Gasteiger partial charge in [-0.2, -0.15) is 0 Å². The van der Waals surface area contributed by atoms with Crippen LogP contribution >= 0.6 is 0 Å².